The lowest BCUT2D eigenvalue weighted by molar-refractivity contribution is -0.120. The Labute approximate surface area is 183 Å². The van der Waals surface area contributed by atoms with Crippen molar-refractivity contribution in [3.8, 4) is 5.75 Å². The van der Waals surface area contributed by atoms with Gasteiger partial charge in [0, 0.05) is 35.7 Å². The fourth-order valence-electron chi connectivity index (χ4n) is 3.42. The molecule has 162 valence electrons. The molecular formula is C22H28N2O4S2. The van der Waals surface area contributed by atoms with E-state index in [0.29, 0.717) is 42.3 Å². The minimum atomic E-state index is -3.54. The molecule has 0 bridgehead atoms. The first kappa shape index (κ1) is 22.7. The summed E-state index contributed by atoms with van der Waals surface area (Å²) in [6, 6.07) is 14.2. The number of nitrogens with one attached hydrogen (secondary N) is 1. The highest BCUT2D eigenvalue weighted by Crippen LogP contribution is 2.27. The van der Waals surface area contributed by atoms with E-state index in [2.05, 4.69) is 5.32 Å². The summed E-state index contributed by atoms with van der Waals surface area (Å²) >= 11 is 1.57. The number of nitrogens with zero attached hydrogens (tertiary/aromatic N) is 1. The zero-order valence-corrected chi connectivity index (χ0v) is 19.1. The fraction of sp³-hybridized carbons (Fsp3) is 0.409. The molecule has 30 heavy (non-hydrogen) atoms. The van der Waals surface area contributed by atoms with Crippen molar-refractivity contribution in [3.63, 3.8) is 0 Å². The summed E-state index contributed by atoms with van der Waals surface area (Å²) in [5.74, 6) is 0.402. The van der Waals surface area contributed by atoms with E-state index in [0.717, 1.165) is 4.90 Å². The monoisotopic (exact) mass is 448 g/mol. The Morgan fingerprint density at radius 3 is 2.40 bits per heavy atom. The van der Waals surface area contributed by atoms with E-state index in [1.165, 1.54) is 4.31 Å². The molecule has 1 amide bonds. The van der Waals surface area contributed by atoms with E-state index in [1.54, 1.807) is 30.0 Å². The van der Waals surface area contributed by atoms with Crippen LogP contribution in [0.4, 0.5) is 5.69 Å². The Balaban J connectivity index is 1.58. The number of amides is 1. The van der Waals surface area contributed by atoms with Crippen LogP contribution in [-0.4, -0.2) is 44.1 Å². The number of sulfonamides is 1. The lowest BCUT2D eigenvalue weighted by Crippen LogP contribution is -2.41. The smallest absolute Gasteiger partial charge is 0.243 e. The summed E-state index contributed by atoms with van der Waals surface area (Å²) in [7, 11) is -3.54. The zero-order chi connectivity index (χ0) is 21.7. The molecule has 8 heteroatoms. The standard InChI is InChI=1S/C22H28N2O4S2/c1-16(2)28-19-6-4-5-18(15-19)23-22(25)17-11-13-24(14-12-17)30(26,27)21-9-7-20(29-3)8-10-21/h4-10,15-17H,11-14H2,1-3H3,(H,23,25). The first-order chi connectivity index (χ1) is 14.3. The van der Waals surface area contributed by atoms with Crippen LogP contribution in [0, 0.1) is 5.92 Å². The molecule has 1 saturated heterocycles. The number of carbonyl (C=O) groups is 1. The van der Waals surface area contributed by atoms with Gasteiger partial charge in [-0.1, -0.05) is 6.07 Å². The predicted octanol–water partition coefficient (Wildman–Crippen LogP) is 4.24. The molecular weight excluding hydrogens is 420 g/mol. The van der Waals surface area contributed by atoms with Crippen LogP contribution < -0.4 is 10.1 Å². The molecule has 0 radical (unpaired) electrons. The van der Waals surface area contributed by atoms with Crippen LogP contribution in [0.2, 0.25) is 0 Å². The summed E-state index contributed by atoms with van der Waals surface area (Å²) in [4.78, 5) is 14.0. The zero-order valence-electron chi connectivity index (χ0n) is 17.5. The molecule has 1 aliphatic rings. The normalized spacial score (nSPS) is 15.9. The van der Waals surface area contributed by atoms with Crippen LogP contribution in [0.1, 0.15) is 26.7 Å². The average Bonchev–Trinajstić information content (AvgIpc) is 2.73. The van der Waals surface area contributed by atoms with Crippen molar-refractivity contribution in [2.75, 3.05) is 24.7 Å². The van der Waals surface area contributed by atoms with Crippen molar-refractivity contribution in [2.24, 2.45) is 5.92 Å². The molecule has 2 aromatic rings. The van der Waals surface area contributed by atoms with E-state index in [4.69, 9.17) is 4.74 Å². The second-order valence-electron chi connectivity index (χ2n) is 7.54. The maximum atomic E-state index is 12.9. The molecule has 3 rings (SSSR count). The highest BCUT2D eigenvalue weighted by Gasteiger charge is 2.32. The maximum absolute atomic E-state index is 12.9. The van der Waals surface area contributed by atoms with Gasteiger partial charge in [-0.15, -0.1) is 11.8 Å². The second-order valence-corrected chi connectivity index (χ2v) is 10.4. The van der Waals surface area contributed by atoms with Crippen molar-refractivity contribution in [3.05, 3.63) is 48.5 Å². The summed E-state index contributed by atoms with van der Waals surface area (Å²) in [6.45, 7) is 4.57. The van der Waals surface area contributed by atoms with Gasteiger partial charge in [-0.05, 0) is 69.3 Å². The van der Waals surface area contributed by atoms with Crippen LogP contribution in [0.25, 0.3) is 0 Å². The molecule has 0 atom stereocenters. The maximum Gasteiger partial charge on any atom is 0.243 e. The third-order valence-corrected chi connectivity index (χ3v) is 7.65. The topological polar surface area (TPSA) is 75.7 Å². The Bertz CT molecular complexity index is 967. The van der Waals surface area contributed by atoms with Crippen molar-refractivity contribution in [1.29, 1.82) is 0 Å². The van der Waals surface area contributed by atoms with Gasteiger partial charge in [0.05, 0.1) is 11.0 Å². The van der Waals surface area contributed by atoms with Crippen molar-refractivity contribution >= 4 is 33.4 Å². The number of anilines is 1. The van der Waals surface area contributed by atoms with E-state index < -0.39 is 10.0 Å². The molecule has 0 saturated carbocycles. The Morgan fingerprint density at radius 1 is 1.13 bits per heavy atom. The second kappa shape index (κ2) is 9.85. The third-order valence-electron chi connectivity index (χ3n) is 5.00. The number of thioether (sulfide) groups is 1. The van der Waals surface area contributed by atoms with Gasteiger partial charge in [0.1, 0.15) is 5.75 Å². The molecule has 1 N–H and O–H groups in total. The van der Waals surface area contributed by atoms with E-state index in [1.807, 2.05) is 50.4 Å². The molecule has 2 aromatic carbocycles. The molecule has 6 nitrogen and oxygen atoms in total. The van der Waals surface area contributed by atoms with Gasteiger partial charge in [-0.2, -0.15) is 4.31 Å². The van der Waals surface area contributed by atoms with Crippen LogP contribution in [0.15, 0.2) is 58.3 Å². The summed E-state index contributed by atoms with van der Waals surface area (Å²) < 4.78 is 32.9. The number of piperidine rings is 1. The number of hydrogen-bond donors (Lipinski definition) is 1. The minimum absolute atomic E-state index is 0.0548. The highest BCUT2D eigenvalue weighted by molar-refractivity contribution is 7.98. The van der Waals surface area contributed by atoms with Gasteiger partial charge in [0.2, 0.25) is 15.9 Å². The van der Waals surface area contributed by atoms with Crippen molar-refractivity contribution in [1.82, 2.24) is 4.31 Å². The first-order valence-electron chi connectivity index (χ1n) is 10.0. The van der Waals surface area contributed by atoms with Crippen LogP contribution >= 0.6 is 11.8 Å². The Hall–Kier alpha value is -2.03. The van der Waals surface area contributed by atoms with E-state index >= 15 is 0 Å². The van der Waals surface area contributed by atoms with Crippen molar-refractivity contribution in [2.45, 2.75) is 42.6 Å². The van der Waals surface area contributed by atoms with Crippen molar-refractivity contribution < 1.29 is 17.9 Å². The molecule has 0 unspecified atom stereocenters. The molecule has 0 spiro atoms. The van der Waals surface area contributed by atoms with Crippen LogP contribution in [0.3, 0.4) is 0 Å². The number of carbonyl (C=O) groups excluding carboxylic acids is 1. The van der Waals surface area contributed by atoms with Gasteiger partial charge in [0.25, 0.3) is 0 Å². The number of benzene rings is 2. The predicted molar refractivity (Wildman–Crippen MR) is 121 cm³/mol. The molecule has 1 heterocycles. The number of rotatable bonds is 7. The molecule has 1 aliphatic heterocycles. The fourth-order valence-corrected chi connectivity index (χ4v) is 5.30. The lowest BCUT2D eigenvalue weighted by atomic mass is 9.97. The Kier molecular flexibility index (Phi) is 7.44. The lowest BCUT2D eigenvalue weighted by Gasteiger charge is -2.30. The van der Waals surface area contributed by atoms with Crippen LogP contribution in [0.5, 0.6) is 5.75 Å². The minimum Gasteiger partial charge on any atom is -0.491 e. The van der Waals surface area contributed by atoms with Gasteiger partial charge in [0.15, 0.2) is 0 Å². The highest BCUT2D eigenvalue weighted by atomic mass is 32.2. The summed E-state index contributed by atoms with van der Waals surface area (Å²) in [6.07, 6.45) is 3.00. The largest absolute Gasteiger partial charge is 0.491 e. The van der Waals surface area contributed by atoms with Gasteiger partial charge in [-0.3, -0.25) is 4.79 Å². The molecule has 1 fully saturated rings. The van der Waals surface area contributed by atoms with Crippen LogP contribution in [-0.2, 0) is 14.8 Å². The number of hydrogen-bond acceptors (Lipinski definition) is 5. The average molecular weight is 449 g/mol. The molecule has 0 aromatic heterocycles. The third kappa shape index (κ3) is 5.56. The van der Waals surface area contributed by atoms with E-state index in [-0.39, 0.29) is 17.9 Å². The van der Waals surface area contributed by atoms with Gasteiger partial charge >= 0.3 is 0 Å². The Morgan fingerprint density at radius 2 is 1.80 bits per heavy atom. The van der Waals surface area contributed by atoms with Gasteiger partial charge in [-0.25, -0.2) is 8.42 Å². The van der Waals surface area contributed by atoms with Gasteiger partial charge < -0.3 is 10.1 Å². The number of ether oxygens (including phenoxy) is 1. The quantitative estimate of drug-likeness (QED) is 0.642. The summed E-state index contributed by atoms with van der Waals surface area (Å²) in [5, 5.41) is 2.93. The van der Waals surface area contributed by atoms with E-state index in [9.17, 15) is 13.2 Å². The summed E-state index contributed by atoms with van der Waals surface area (Å²) in [5.41, 5.74) is 0.682. The first-order valence-corrected chi connectivity index (χ1v) is 12.7. The SMILES string of the molecule is CSc1ccc(S(=O)(=O)N2CCC(C(=O)Nc3cccc(OC(C)C)c3)CC2)cc1. The molecule has 0 aliphatic carbocycles.